The van der Waals surface area contributed by atoms with Gasteiger partial charge < -0.3 is 4.90 Å². The molecule has 0 aromatic heterocycles. The number of piperazine rings is 1. The Morgan fingerprint density at radius 2 is 1.62 bits per heavy atom. The summed E-state index contributed by atoms with van der Waals surface area (Å²) in [6, 6.07) is 9.01. The Labute approximate surface area is 131 Å². The van der Waals surface area contributed by atoms with Crippen LogP contribution in [0.15, 0.2) is 24.3 Å². The van der Waals surface area contributed by atoms with Crippen LogP contribution >= 0.6 is 0 Å². The lowest BCUT2D eigenvalue weighted by Gasteiger charge is -2.46. The maximum atomic E-state index is 2.67. The third kappa shape index (κ3) is 4.08. The molecule has 0 spiro atoms. The number of hydrogen-bond donors (Lipinski definition) is 0. The first-order valence-corrected chi connectivity index (χ1v) is 8.21. The second kappa shape index (κ2) is 6.10. The maximum Gasteiger partial charge on any atom is 0.0162 e. The number of hydrogen-bond acceptors (Lipinski definition) is 2. The molecule has 1 heterocycles. The molecule has 1 aliphatic rings. The third-order valence-corrected chi connectivity index (χ3v) is 5.03. The Kier molecular flexibility index (Phi) is 4.79. The molecule has 1 saturated heterocycles. The first kappa shape index (κ1) is 16.5. The average molecular weight is 288 g/mol. The van der Waals surface area contributed by atoms with E-state index in [2.05, 4.69) is 75.7 Å². The van der Waals surface area contributed by atoms with E-state index in [9.17, 15) is 0 Å². The Morgan fingerprint density at radius 3 is 2.19 bits per heavy atom. The van der Waals surface area contributed by atoms with Crippen molar-refractivity contribution in [1.29, 1.82) is 0 Å². The summed E-state index contributed by atoms with van der Waals surface area (Å²) in [5.74, 6) is 0. The fourth-order valence-electron chi connectivity index (χ4n) is 3.77. The summed E-state index contributed by atoms with van der Waals surface area (Å²) < 4.78 is 0. The van der Waals surface area contributed by atoms with E-state index in [1.807, 2.05) is 0 Å². The molecule has 1 aromatic carbocycles. The van der Waals surface area contributed by atoms with Gasteiger partial charge in [-0.25, -0.2) is 0 Å². The molecular weight excluding hydrogens is 256 g/mol. The van der Waals surface area contributed by atoms with Gasteiger partial charge in [0.25, 0.3) is 0 Å². The van der Waals surface area contributed by atoms with Gasteiger partial charge in [-0.15, -0.1) is 0 Å². The highest BCUT2D eigenvalue weighted by molar-refractivity contribution is 5.29. The minimum atomic E-state index is 0.207. The summed E-state index contributed by atoms with van der Waals surface area (Å²) in [5.41, 5.74) is 3.27. The van der Waals surface area contributed by atoms with Gasteiger partial charge in [0.1, 0.15) is 0 Å². The highest BCUT2D eigenvalue weighted by atomic mass is 15.3. The Morgan fingerprint density at radius 1 is 1.00 bits per heavy atom. The smallest absolute Gasteiger partial charge is 0.0162 e. The first-order chi connectivity index (χ1) is 9.71. The SMILES string of the molecule is Cc1cccc(C(C)(C)CC(C)(C)N2CCN(C)CC2)c1. The van der Waals surface area contributed by atoms with Crippen molar-refractivity contribution < 1.29 is 0 Å². The van der Waals surface area contributed by atoms with Crippen LogP contribution in [0.5, 0.6) is 0 Å². The molecule has 1 fully saturated rings. The zero-order valence-electron chi connectivity index (χ0n) is 14.7. The van der Waals surface area contributed by atoms with Gasteiger partial charge in [-0.3, -0.25) is 4.90 Å². The molecule has 0 saturated carbocycles. The van der Waals surface area contributed by atoms with Crippen molar-refractivity contribution in [2.45, 2.75) is 52.0 Å². The zero-order chi connectivity index (χ0) is 15.7. The second-order valence-corrected chi connectivity index (χ2v) is 8.03. The van der Waals surface area contributed by atoms with Crippen LogP contribution in [-0.2, 0) is 5.41 Å². The topological polar surface area (TPSA) is 6.48 Å². The summed E-state index contributed by atoms with van der Waals surface area (Å²) >= 11 is 0. The fraction of sp³-hybridized carbons (Fsp3) is 0.684. The van der Waals surface area contributed by atoms with Gasteiger partial charge in [0.05, 0.1) is 0 Å². The molecule has 21 heavy (non-hydrogen) atoms. The van der Waals surface area contributed by atoms with E-state index in [0.29, 0.717) is 0 Å². The zero-order valence-corrected chi connectivity index (χ0v) is 14.7. The average Bonchev–Trinajstić information content (AvgIpc) is 2.38. The van der Waals surface area contributed by atoms with Crippen molar-refractivity contribution >= 4 is 0 Å². The molecule has 1 aromatic rings. The molecular formula is C19H32N2. The van der Waals surface area contributed by atoms with Crippen molar-refractivity contribution in [1.82, 2.24) is 9.80 Å². The standard InChI is InChI=1S/C19H32N2/c1-16-8-7-9-17(14-16)18(2,3)15-19(4,5)21-12-10-20(6)11-13-21/h7-9,14H,10-13,15H2,1-6H3. The van der Waals surface area contributed by atoms with Crippen molar-refractivity contribution in [3.05, 3.63) is 35.4 Å². The second-order valence-electron chi connectivity index (χ2n) is 8.03. The summed E-state index contributed by atoms with van der Waals surface area (Å²) in [7, 11) is 2.22. The maximum absolute atomic E-state index is 2.67. The van der Waals surface area contributed by atoms with E-state index in [-0.39, 0.29) is 11.0 Å². The van der Waals surface area contributed by atoms with Gasteiger partial charge in [0, 0.05) is 31.7 Å². The molecule has 2 nitrogen and oxygen atoms in total. The molecule has 0 unspecified atom stereocenters. The normalized spacial score (nSPS) is 19.0. The van der Waals surface area contributed by atoms with Gasteiger partial charge in [-0.1, -0.05) is 43.7 Å². The van der Waals surface area contributed by atoms with Crippen LogP contribution in [0.2, 0.25) is 0 Å². The van der Waals surface area contributed by atoms with Gasteiger partial charge in [0.2, 0.25) is 0 Å². The van der Waals surface area contributed by atoms with E-state index >= 15 is 0 Å². The molecule has 0 aliphatic carbocycles. The predicted molar refractivity (Wildman–Crippen MR) is 92.0 cm³/mol. The molecule has 0 radical (unpaired) electrons. The molecule has 0 amide bonds. The van der Waals surface area contributed by atoms with Crippen LogP contribution in [0.1, 0.15) is 45.2 Å². The van der Waals surface area contributed by atoms with E-state index in [4.69, 9.17) is 0 Å². The lowest BCUT2D eigenvalue weighted by molar-refractivity contribution is 0.0442. The fourth-order valence-corrected chi connectivity index (χ4v) is 3.77. The van der Waals surface area contributed by atoms with Crippen molar-refractivity contribution in [2.24, 2.45) is 0 Å². The summed E-state index contributed by atoms with van der Waals surface area (Å²) in [4.78, 5) is 5.10. The van der Waals surface area contributed by atoms with Crippen molar-refractivity contribution in [3.63, 3.8) is 0 Å². The Hall–Kier alpha value is -0.860. The van der Waals surface area contributed by atoms with Crippen molar-refractivity contribution in [2.75, 3.05) is 33.2 Å². The van der Waals surface area contributed by atoms with E-state index in [0.717, 1.165) is 0 Å². The van der Waals surface area contributed by atoms with Crippen LogP contribution in [0.4, 0.5) is 0 Å². The largest absolute Gasteiger partial charge is 0.304 e. The quantitative estimate of drug-likeness (QED) is 0.834. The van der Waals surface area contributed by atoms with E-state index in [1.54, 1.807) is 0 Å². The molecule has 0 atom stereocenters. The van der Waals surface area contributed by atoms with Crippen LogP contribution in [-0.4, -0.2) is 48.6 Å². The molecule has 0 N–H and O–H groups in total. The molecule has 2 rings (SSSR count). The number of rotatable bonds is 4. The minimum absolute atomic E-state index is 0.207. The molecule has 0 bridgehead atoms. The molecule has 118 valence electrons. The molecule has 1 aliphatic heterocycles. The van der Waals surface area contributed by atoms with E-state index < -0.39 is 0 Å². The summed E-state index contributed by atoms with van der Waals surface area (Å²) in [5, 5.41) is 0. The summed E-state index contributed by atoms with van der Waals surface area (Å²) in [6.45, 7) is 16.5. The summed E-state index contributed by atoms with van der Waals surface area (Å²) in [6.07, 6.45) is 1.19. The monoisotopic (exact) mass is 288 g/mol. The van der Waals surface area contributed by atoms with Crippen LogP contribution in [0.3, 0.4) is 0 Å². The Bertz CT molecular complexity index is 468. The predicted octanol–water partition coefficient (Wildman–Crippen LogP) is 3.69. The van der Waals surface area contributed by atoms with E-state index in [1.165, 1.54) is 43.7 Å². The van der Waals surface area contributed by atoms with Gasteiger partial charge in [-0.2, -0.15) is 0 Å². The van der Waals surface area contributed by atoms with Crippen LogP contribution < -0.4 is 0 Å². The lowest BCUT2D eigenvalue weighted by atomic mass is 9.74. The van der Waals surface area contributed by atoms with Crippen LogP contribution in [0, 0.1) is 6.92 Å². The number of aryl methyl sites for hydroxylation is 1. The number of likely N-dealkylation sites (N-methyl/N-ethyl adjacent to an activating group) is 1. The lowest BCUT2D eigenvalue weighted by Crippen LogP contribution is -2.55. The Balaban J connectivity index is 2.11. The minimum Gasteiger partial charge on any atom is -0.304 e. The van der Waals surface area contributed by atoms with Gasteiger partial charge in [0.15, 0.2) is 0 Å². The van der Waals surface area contributed by atoms with Crippen molar-refractivity contribution in [3.8, 4) is 0 Å². The van der Waals surface area contributed by atoms with Crippen LogP contribution in [0.25, 0.3) is 0 Å². The molecule has 2 heteroatoms. The van der Waals surface area contributed by atoms with Gasteiger partial charge >= 0.3 is 0 Å². The highest BCUT2D eigenvalue weighted by Crippen LogP contribution is 2.35. The highest BCUT2D eigenvalue weighted by Gasteiger charge is 2.35. The first-order valence-electron chi connectivity index (χ1n) is 8.21. The number of nitrogens with zero attached hydrogens (tertiary/aromatic N) is 2. The third-order valence-electron chi connectivity index (χ3n) is 5.03. The number of benzene rings is 1. The van der Waals surface area contributed by atoms with Gasteiger partial charge in [-0.05, 0) is 45.2 Å².